The van der Waals surface area contributed by atoms with Gasteiger partial charge >= 0.3 is 0 Å². The highest BCUT2D eigenvalue weighted by molar-refractivity contribution is 5.84. The van der Waals surface area contributed by atoms with Gasteiger partial charge in [0.15, 0.2) is 0 Å². The van der Waals surface area contributed by atoms with Crippen LogP contribution in [-0.2, 0) is 6.54 Å². The summed E-state index contributed by atoms with van der Waals surface area (Å²) >= 11 is 0. The third kappa shape index (κ3) is 1.95. The summed E-state index contributed by atoms with van der Waals surface area (Å²) in [6.45, 7) is 5.17. The zero-order valence-corrected chi connectivity index (χ0v) is 12.1. The van der Waals surface area contributed by atoms with Crippen molar-refractivity contribution in [3.8, 4) is 11.4 Å². The van der Waals surface area contributed by atoms with Gasteiger partial charge in [-0.2, -0.15) is 0 Å². The normalized spacial score (nSPS) is 10.9. The van der Waals surface area contributed by atoms with Gasteiger partial charge in [-0.1, -0.05) is 18.2 Å². The molecular formula is C17H19N3. The van der Waals surface area contributed by atoms with Crippen molar-refractivity contribution in [2.24, 2.45) is 0 Å². The number of aryl methyl sites for hydroxylation is 2. The highest BCUT2D eigenvalue weighted by atomic mass is 15.1. The smallest absolute Gasteiger partial charge is 0.143 e. The molecule has 3 aromatic rings. The number of nitrogens with zero attached hydrogens (tertiary/aromatic N) is 2. The number of nitrogens with one attached hydrogen (secondary N) is 1. The lowest BCUT2D eigenvalue weighted by Crippen LogP contribution is -2.00. The summed E-state index contributed by atoms with van der Waals surface area (Å²) in [5.74, 6) is 1.03. The molecule has 0 atom stereocenters. The van der Waals surface area contributed by atoms with E-state index in [-0.39, 0.29) is 0 Å². The van der Waals surface area contributed by atoms with Gasteiger partial charge in [-0.15, -0.1) is 0 Å². The number of hydrogen-bond acceptors (Lipinski definition) is 2. The van der Waals surface area contributed by atoms with Crippen LogP contribution in [0.5, 0.6) is 0 Å². The lowest BCUT2D eigenvalue weighted by molar-refractivity contribution is 0.796. The maximum atomic E-state index is 4.85. The maximum absolute atomic E-state index is 4.85. The quantitative estimate of drug-likeness (QED) is 0.773. The number of benzene rings is 2. The second-order valence-corrected chi connectivity index (χ2v) is 4.97. The predicted molar refractivity (Wildman–Crippen MR) is 85.1 cm³/mol. The SMILES string of the molecule is CCn1c(-c2ccccc2NC)nc2cc(C)ccc21. The number of hydrogen-bond donors (Lipinski definition) is 1. The molecule has 20 heavy (non-hydrogen) atoms. The Morgan fingerprint density at radius 2 is 1.95 bits per heavy atom. The van der Waals surface area contributed by atoms with Gasteiger partial charge in [0, 0.05) is 24.8 Å². The summed E-state index contributed by atoms with van der Waals surface area (Å²) in [5, 5.41) is 3.25. The standard InChI is InChI=1S/C17H19N3/c1-4-20-16-10-9-12(2)11-15(16)19-17(20)13-7-5-6-8-14(13)18-3/h5-11,18H,4H2,1-3H3. The Morgan fingerprint density at radius 3 is 2.70 bits per heavy atom. The van der Waals surface area contributed by atoms with Crippen molar-refractivity contribution in [2.75, 3.05) is 12.4 Å². The van der Waals surface area contributed by atoms with E-state index in [0.29, 0.717) is 0 Å². The monoisotopic (exact) mass is 265 g/mol. The minimum atomic E-state index is 0.910. The first-order chi connectivity index (χ1) is 9.74. The molecule has 0 aliphatic carbocycles. The highest BCUT2D eigenvalue weighted by Crippen LogP contribution is 2.30. The zero-order chi connectivity index (χ0) is 14.1. The molecule has 0 amide bonds. The fraction of sp³-hybridized carbons (Fsp3) is 0.235. The molecule has 0 spiro atoms. The van der Waals surface area contributed by atoms with Crippen molar-refractivity contribution < 1.29 is 0 Å². The van der Waals surface area contributed by atoms with E-state index in [0.717, 1.165) is 29.1 Å². The fourth-order valence-electron chi connectivity index (χ4n) is 2.66. The van der Waals surface area contributed by atoms with Crippen molar-refractivity contribution >= 4 is 16.7 Å². The topological polar surface area (TPSA) is 29.9 Å². The van der Waals surface area contributed by atoms with E-state index in [9.17, 15) is 0 Å². The minimum Gasteiger partial charge on any atom is -0.388 e. The van der Waals surface area contributed by atoms with Crippen LogP contribution in [0.4, 0.5) is 5.69 Å². The van der Waals surface area contributed by atoms with Crippen LogP contribution in [0.2, 0.25) is 0 Å². The Morgan fingerprint density at radius 1 is 1.15 bits per heavy atom. The second-order valence-electron chi connectivity index (χ2n) is 4.97. The number of imidazole rings is 1. The first kappa shape index (κ1) is 12.7. The van der Waals surface area contributed by atoms with E-state index < -0.39 is 0 Å². The molecule has 3 rings (SSSR count). The Labute approximate surface area is 119 Å². The molecule has 102 valence electrons. The summed E-state index contributed by atoms with van der Waals surface area (Å²) in [5.41, 5.74) is 5.75. The predicted octanol–water partition coefficient (Wildman–Crippen LogP) is 4.07. The molecular weight excluding hydrogens is 246 g/mol. The molecule has 3 heteroatoms. The largest absolute Gasteiger partial charge is 0.388 e. The molecule has 0 aliphatic heterocycles. The van der Waals surface area contributed by atoms with E-state index in [1.165, 1.54) is 11.1 Å². The Hall–Kier alpha value is -2.29. The first-order valence-corrected chi connectivity index (χ1v) is 6.98. The van der Waals surface area contributed by atoms with E-state index in [1.807, 2.05) is 13.1 Å². The molecule has 3 nitrogen and oxygen atoms in total. The molecule has 1 N–H and O–H groups in total. The average Bonchev–Trinajstić information content (AvgIpc) is 2.84. The minimum absolute atomic E-state index is 0.910. The average molecular weight is 265 g/mol. The van der Waals surface area contributed by atoms with Crippen molar-refractivity contribution in [1.82, 2.24) is 9.55 Å². The number of rotatable bonds is 3. The van der Waals surface area contributed by atoms with Gasteiger partial charge in [-0.25, -0.2) is 4.98 Å². The van der Waals surface area contributed by atoms with Gasteiger partial charge < -0.3 is 9.88 Å². The molecule has 0 unspecified atom stereocenters. The molecule has 0 bridgehead atoms. The third-order valence-electron chi connectivity index (χ3n) is 3.66. The molecule has 1 aromatic heterocycles. The lowest BCUT2D eigenvalue weighted by Gasteiger charge is -2.10. The summed E-state index contributed by atoms with van der Waals surface area (Å²) in [7, 11) is 1.95. The van der Waals surface area contributed by atoms with E-state index in [1.54, 1.807) is 0 Å². The van der Waals surface area contributed by atoms with Crippen molar-refractivity contribution in [1.29, 1.82) is 0 Å². The molecule has 1 heterocycles. The molecule has 0 fully saturated rings. The van der Waals surface area contributed by atoms with Gasteiger partial charge in [0.05, 0.1) is 11.0 Å². The molecule has 0 saturated carbocycles. The van der Waals surface area contributed by atoms with Crippen LogP contribution in [0.15, 0.2) is 42.5 Å². The van der Waals surface area contributed by atoms with Gasteiger partial charge in [-0.05, 0) is 43.7 Å². The van der Waals surface area contributed by atoms with Crippen molar-refractivity contribution in [2.45, 2.75) is 20.4 Å². The van der Waals surface area contributed by atoms with Crippen LogP contribution in [-0.4, -0.2) is 16.6 Å². The highest BCUT2D eigenvalue weighted by Gasteiger charge is 2.13. The number of aromatic nitrogens is 2. The van der Waals surface area contributed by atoms with E-state index >= 15 is 0 Å². The van der Waals surface area contributed by atoms with Gasteiger partial charge in [-0.3, -0.25) is 0 Å². The van der Waals surface area contributed by atoms with Gasteiger partial charge in [0.2, 0.25) is 0 Å². The first-order valence-electron chi connectivity index (χ1n) is 6.98. The number of fused-ring (bicyclic) bond motifs is 1. The van der Waals surface area contributed by atoms with Crippen LogP contribution < -0.4 is 5.32 Å². The van der Waals surface area contributed by atoms with Crippen molar-refractivity contribution in [3.63, 3.8) is 0 Å². The van der Waals surface area contributed by atoms with E-state index in [4.69, 9.17) is 4.98 Å². The van der Waals surface area contributed by atoms with Crippen LogP contribution in [0.3, 0.4) is 0 Å². The molecule has 2 aromatic carbocycles. The Bertz CT molecular complexity index is 756. The summed E-state index contributed by atoms with van der Waals surface area (Å²) < 4.78 is 2.27. The fourth-order valence-corrected chi connectivity index (χ4v) is 2.66. The lowest BCUT2D eigenvalue weighted by atomic mass is 10.1. The Balaban J connectivity index is 2.30. The van der Waals surface area contributed by atoms with Crippen LogP contribution in [0, 0.1) is 6.92 Å². The van der Waals surface area contributed by atoms with Crippen LogP contribution >= 0.6 is 0 Å². The summed E-state index contributed by atoms with van der Waals surface area (Å²) in [6, 6.07) is 14.7. The summed E-state index contributed by atoms with van der Waals surface area (Å²) in [6.07, 6.45) is 0. The Kier molecular flexibility index (Phi) is 3.18. The maximum Gasteiger partial charge on any atom is 0.143 e. The zero-order valence-electron chi connectivity index (χ0n) is 12.1. The third-order valence-corrected chi connectivity index (χ3v) is 3.66. The van der Waals surface area contributed by atoms with Gasteiger partial charge in [0.25, 0.3) is 0 Å². The van der Waals surface area contributed by atoms with Crippen LogP contribution in [0.1, 0.15) is 12.5 Å². The molecule has 0 radical (unpaired) electrons. The number of para-hydroxylation sites is 1. The molecule has 0 aliphatic rings. The van der Waals surface area contributed by atoms with E-state index in [2.05, 4.69) is 60.1 Å². The second kappa shape index (κ2) is 5.00. The molecule has 0 saturated heterocycles. The van der Waals surface area contributed by atoms with Crippen molar-refractivity contribution in [3.05, 3.63) is 48.0 Å². The van der Waals surface area contributed by atoms with Crippen LogP contribution in [0.25, 0.3) is 22.4 Å². The van der Waals surface area contributed by atoms with Gasteiger partial charge in [0.1, 0.15) is 5.82 Å². The number of anilines is 1. The summed E-state index contributed by atoms with van der Waals surface area (Å²) in [4.78, 5) is 4.85.